The molecular weight excluding hydrogens is 268 g/mol. The Bertz CT molecular complexity index is 453. The fourth-order valence-corrected chi connectivity index (χ4v) is 2.42. The van der Waals surface area contributed by atoms with Gasteiger partial charge in [0.15, 0.2) is 0 Å². The van der Waals surface area contributed by atoms with Gasteiger partial charge in [-0.25, -0.2) is 4.79 Å². The van der Waals surface area contributed by atoms with Gasteiger partial charge in [0.2, 0.25) is 0 Å². The summed E-state index contributed by atoms with van der Waals surface area (Å²) in [5.74, 6) is 0.685. The summed E-state index contributed by atoms with van der Waals surface area (Å²) in [7, 11) is 1.81. The number of aliphatic hydroxyl groups is 1. The maximum atomic E-state index is 12.0. The summed E-state index contributed by atoms with van der Waals surface area (Å²) >= 11 is 0. The molecule has 0 unspecified atom stereocenters. The number of nitrogens with one attached hydrogen (secondary N) is 2. The summed E-state index contributed by atoms with van der Waals surface area (Å²) in [6.45, 7) is 6.91. The molecule has 6 heteroatoms. The fourth-order valence-electron chi connectivity index (χ4n) is 2.42. The Morgan fingerprint density at radius 3 is 2.52 bits per heavy atom. The lowest BCUT2D eigenvalue weighted by molar-refractivity contribution is 0.165. The highest BCUT2D eigenvalue weighted by atomic mass is 16.3. The number of urea groups is 1. The summed E-state index contributed by atoms with van der Waals surface area (Å²) in [5, 5.41) is 19.2. The first kappa shape index (κ1) is 17.5. The van der Waals surface area contributed by atoms with Gasteiger partial charge in [-0.3, -0.25) is 10.00 Å². The van der Waals surface area contributed by atoms with Crippen LogP contribution in [0.15, 0.2) is 6.07 Å². The number of aryl methyl sites for hydroxylation is 2. The van der Waals surface area contributed by atoms with Crippen LogP contribution in [0.4, 0.5) is 10.6 Å². The molecule has 2 amide bonds. The summed E-state index contributed by atoms with van der Waals surface area (Å²) in [5.41, 5.74) is 0.914. The van der Waals surface area contributed by atoms with Crippen LogP contribution >= 0.6 is 0 Å². The molecule has 0 spiro atoms. The summed E-state index contributed by atoms with van der Waals surface area (Å²) < 4.78 is 1.67. The van der Waals surface area contributed by atoms with Crippen molar-refractivity contribution < 1.29 is 9.90 Å². The number of anilines is 1. The van der Waals surface area contributed by atoms with Crippen molar-refractivity contribution in [2.24, 2.45) is 12.5 Å². The molecule has 0 fully saturated rings. The van der Waals surface area contributed by atoms with E-state index in [0.29, 0.717) is 18.8 Å². The van der Waals surface area contributed by atoms with Crippen LogP contribution in [0.5, 0.6) is 0 Å². The predicted molar refractivity (Wildman–Crippen MR) is 84.3 cm³/mol. The highest BCUT2D eigenvalue weighted by Crippen LogP contribution is 2.29. The predicted octanol–water partition coefficient (Wildman–Crippen LogP) is 2.29. The highest BCUT2D eigenvalue weighted by Gasteiger charge is 2.26. The Kier molecular flexibility index (Phi) is 6.68. The van der Waals surface area contributed by atoms with Crippen molar-refractivity contribution in [3.63, 3.8) is 0 Å². The topological polar surface area (TPSA) is 79.2 Å². The minimum atomic E-state index is -0.232. The molecule has 6 nitrogen and oxygen atoms in total. The van der Waals surface area contributed by atoms with Gasteiger partial charge in [0, 0.05) is 26.3 Å². The van der Waals surface area contributed by atoms with Gasteiger partial charge in [0.25, 0.3) is 0 Å². The molecule has 0 radical (unpaired) electrons. The Labute approximate surface area is 126 Å². The fraction of sp³-hybridized carbons (Fsp3) is 0.733. The molecule has 1 rings (SSSR count). The second kappa shape index (κ2) is 8.02. The molecule has 0 aliphatic heterocycles. The number of carbonyl (C=O) groups excluding carboxylic acids is 1. The molecule has 0 saturated heterocycles. The number of amides is 2. The number of rotatable bonds is 8. The van der Waals surface area contributed by atoms with Crippen molar-refractivity contribution in [3.8, 4) is 0 Å². The molecule has 120 valence electrons. The molecule has 0 aliphatic carbocycles. The van der Waals surface area contributed by atoms with Gasteiger partial charge in [0.05, 0.1) is 5.69 Å². The smallest absolute Gasteiger partial charge is 0.320 e. The lowest BCUT2D eigenvalue weighted by Crippen LogP contribution is -2.40. The van der Waals surface area contributed by atoms with E-state index in [9.17, 15) is 9.90 Å². The Morgan fingerprint density at radius 1 is 1.38 bits per heavy atom. The molecule has 0 aromatic carbocycles. The monoisotopic (exact) mass is 296 g/mol. The molecule has 0 bridgehead atoms. The first-order chi connectivity index (χ1) is 10.00. The third-order valence-corrected chi connectivity index (χ3v) is 4.30. The second-order valence-electron chi connectivity index (χ2n) is 5.49. The minimum absolute atomic E-state index is 0.0346. The zero-order chi connectivity index (χ0) is 15.9. The molecule has 0 saturated carbocycles. The van der Waals surface area contributed by atoms with E-state index < -0.39 is 0 Å². The maximum absolute atomic E-state index is 12.0. The van der Waals surface area contributed by atoms with Crippen molar-refractivity contribution in [3.05, 3.63) is 11.8 Å². The van der Waals surface area contributed by atoms with E-state index in [1.165, 1.54) is 0 Å². The van der Waals surface area contributed by atoms with E-state index in [2.05, 4.69) is 29.6 Å². The molecule has 1 aromatic heterocycles. The molecule has 21 heavy (non-hydrogen) atoms. The second-order valence-corrected chi connectivity index (χ2v) is 5.49. The van der Waals surface area contributed by atoms with E-state index in [0.717, 1.165) is 25.0 Å². The van der Waals surface area contributed by atoms with Crippen LogP contribution in [0.2, 0.25) is 0 Å². The van der Waals surface area contributed by atoms with Crippen molar-refractivity contribution in [1.29, 1.82) is 0 Å². The molecule has 1 heterocycles. The van der Waals surface area contributed by atoms with Gasteiger partial charge in [-0.05, 0) is 31.1 Å². The van der Waals surface area contributed by atoms with E-state index >= 15 is 0 Å². The summed E-state index contributed by atoms with van der Waals surface area (Å²) in [4.78, 5) is 12.0. The minimum Gasteiger partial charge on any atom is -0.396 e. The van der Waals surface area contributed by atoms with Gasteiger partial charge in [0.1, 0.15) is 5.82 Å². The number of hydrogen-bond acceptors (Lipinski definition) is 3. The average molecular weight is 296 g/mol. The maximum Gasteiger partial charge on any atom is 0.320 e. The van der Waals surface area contributed by atoms with Crippen molar-refractivity contribution in [1.82, 2.24) is 15.1 Å². The first-order valence-electron chi connectivity index (χ1n) is 7.68. The molecule has 0 atom stereocenters. The molecule has 0 aliphatic rings. The lowest BCUT2D eigenvalue weighted by Gasteiger charge is -2.31. The van der Waals surface area contributed by atoms with Crippen LogP contribution in [0.25, 0.3) is 0 Å². The van der Waals surface area contributed by atoms with E-state index in [-0.39, 0.29) is 18.1 Å². The number of nitrogens with zero attached hydrogens (tertiary/aromatic N) is 2. The van der Waals surface area contributed by atoms with Gasteiger partial charge in [-0.1, -0.05) is 20.8 Å². The average Bonchev–Trinajstić information content (AvgIpc) is 2.84. The lowest BCUT2D eigenvalue weighted by atomic mass is 9.79. The van der Waals surface area contributed by atoms with E-state index in [1.54, 1.807) is 4.68 Å². The van der Waals surface area contributed by atoms with Gasteiger partial charge in [-0.15, -0.1) is 0 Å². The van der Waals surface area contributed by atoms with Crippen LogP contribution in [-0.4, -0.2) is 34.1 Å². The van der Waals surface area contributed by atoms with Gasteiger partial charge >= 0.3 is 6.03 Å². The summed E-state index contributed by atoms with van der Waals surface area (Å²) in [6.07, 6.45) is 3.39. The number of aliphatic hydroxyl groups excluding tert-OH is 1. The van der Waals surface area contributed by atoms with E-state index in [1.807, 2.05) is 20.0 Å². The van der Waals surface area contributed by atoms with Crippen molar-refractivity contribution >= 4 is 11.8 Å². The van der Waals surface area contributed by atoms with Crippen LogP contribution in [0.3, 0.4) is 0 Å². The Morgan fingerprint density at radius 2 is 2.05 bits per heavy atom. The Hall–Kier alpha value is -1.56. The zero-order valence-corrected chi connectivity index (χ0v) is 13.6. The standard InChI is InChI=1S/C15H28N4O2/c1-5-12-10-13(19(4)18-12)17-14(21)16-11-15(6-2,7-3)8-9-20/h10,20H,5-9,11H2,1-4H3,(H2,16,17,21). The number of aromatic nitrogens is 2. The van der Waals surface area contributed by atoms with Crippen LogP contribution < -0.4 is 10.6 Å². The third kappa shape index (κ3) is 4.74. The van der Waals surface area contributed by atoms with Crippen LogP contribution in [0, 0.1) is 5.41 Å². The number of hydrogen-bond donors (Lipinski definition) is 3. The zero-order valence-electron chi connectivity index (χ0n) is 13.6. The highest BCUT2D eigenvalue weighted by molar-refractivity contribution is 5.88. The number of carbonyl (C=O) groups is 1. The third-order valence-electron chi connectivity index (χ3n) is 4.30. The molecule has 3 N–H and O–H groups in total. The largest absolute Gasteiger partial charge is 0.396 e. The summed E-state index contributed by atoms with van der Waals surface area (Å²) in [6, 6.07) is 1.64. The quantitative estimate of drug-likeness (QED) is 0.688. The SMILES string of the molecule is CCc1cc(NC(=O)NCC(CC)(CC)CCO)n(C)n1. The van der Waals surface area contributed by atoms with Crippen LogP contribution in [0.1, 0.15) is 45.7 Å². The van der Waals surface area contributed by atoms with Crippen molar-refractivity contribution in [2.75, 3.05) is 18.5 Å². The molecular formula is C15H28N4O2. The van der Waals surface area contributed by atoms with Gasteiger partial charge in [-0.2, -0.15) is 5.10 Å². The van der Waals surface area contributed by atoms with Crippen LogP contribution in [-0.2, 0) is 13.5 Å². The van der Waals surface area contributed by atoms with E-state index in [4.69, 9.17) is 0 Å². The van der Waals surface area contributed by atoms with Gasteiger partial charge < -0.3 is 10.4 Å². The molecule has 1 aromatic rings. The van der Waals surface area contributed by atoms with Crippen molar-refractivity contribution in [2.45, 2.75) is 46.5 Å². The first-order valence-corrected chi connectivity index (χ1v) is 7.68. The Balaban J connectivity index is 2.58. The normalized spacial score (nSPS) is 11.5.